The van der Waals surface area contributed by atoms with Crippen molar-refractivity contribution in [1.82, 2.24) is 0 Å². The molecule has 0 aromatic heterocycles. The van der Waals surface area contributed by atoms with E-state index in [9.17, 15) is 4.79 Å². The summed E-state index contributed by atoms with van der Waals surface area (Å²) in [7, 11) is 0. The number of benzene rings is 2. The van der Waals surface area contributed by atoms with E-state index >= 15 is 0 Å². The van der Waals surface area contributed by atoms with Gasteiger partial charge in [-0.15, -0.1) is 0 Å². The van der Waals surface area contributed by atoms with Gasteiger partial charge in [0.05, 0.1) is 12.2 Å². The van der Waals surface area contributed by atoms with Crippen LogP contribution in [0.3, 0.4) is 0 Å². The summed E-state index contributed by atoms with van der Waals surface area (Å²) in [4.78, 5) is 12.5. The molecule has 0 amide bonds. The van der Waals surface area contributed by atoms with Crippen LogP contribution in [-0.2, 0) is 4.74 Å². The fourth-order valence-corrected chi connectivity index (χ4v) is 4.75. The number of allylic oxidation sites excluding steroid dienone is 3. The van der Waals surface area contributed by atoms with Crippen molar-refractivity contribution in [2.75, 3.05) is 6.61 Å². The van der Waals surface area contributed by atoms with E-state index in [-0.39, 0.29) is 11.4 Å². The lowest BCUT2D eigenvalue weighted by atomic mass is 9.72. The molecule has 1 aliphatic rings. The molecule has 166 valence electrons. The second kappa shape index (κ2) is 10.3. The van der Waals surface area contributed by atoms with Crippen LogP contribution in [0.5, 0.6) is 0 Å². The molecule has 2 heteroatoms. The summed E-state index contributed by atoms with van der Waals surface area (Å²) in [5.41, 5.74) is 6.20. The van der Waals surface area contributed by atoms with Crippen LogP contribution < -0.4 is 0 Å². The van der Waals surface area contributed by atoms with E-state index in [0.717, 1.165) is 23.8 Å². The number of hydrogen-bond acceptors (Lipinski definition) is 2. The molecule has 0 radical (unpaired) electrons. The van der Waals surface area contributed by atoms with E-state index in [1.165, 1.54) is 54.2 Å². The summed E-state index contributed by atoms with van der Waals surface area (Å²) in [6, 6.07) is 10.4. The van der Waals surface area contributed by atoms with Gasteiger partial charge in [-0.3, -0.25) is 0 Å². The van der Waals surface area contributed by atoms with E-state index in [4.69, 9.17) is 4.74 Å². The van der Waals surface area contributed by atoms with Gasteiger partial charge < -0.3 is 4.74 Å². The highest BCUT2D eigenvalue weighted by atomic mass is 16.5. The molecule has 0 spiro atoms. The van der Waals surface area contributed by atoms with Crippen LogP contribution in [0, 0.1) is 12.3 Å². The average molecular weight is 419 g/mol. The zero-order chi connectivity index (χ0) is 22.4. The van der Waals surface area contributed by atoms with Gasteiger partial charge in [0.25, 0.3) is 0 Å². The Morgan fingerprint density at radius 3 is 2.61 bits per heavy atom. The van der Waals surface area contributed by atoms with Crippen LogP contribution in [0.2, 0.25) is 0 Å². The quantitative estimate of drug-likeness (QED) is 0.317. The second-order valence-corrected chi connectivity index (χ2v) is 9.74. The van der Waals surface area contributed by atoms with E-state index in [1.807, 2.05) is 12.1 Å². The van der Waals surface area contributed by atoms with Crippen LogP contribution >= 0.6 is 0 Å². The minimum atomic E-state index is -0.215. The highest BCUT2D eigenvalue weighted by Crippen LogP contribution is 2.41. The molecule has 0 atom stereocenters. The predicted octanol–water partition coefficient (Wildman–Crippen LogP) is 8.43. The van der Waals surface area contributed by atoms with Crippen molar-refractivity contribution in [3.8, 4) is 0 Å². The molecular weight excluding hydrogens is 380 g/mol. The fraction of sp³-hybridized carbons (Fsp3) is 0.483. The molecule has 0 saturated carbocycles. The van der Waals surface area contributed by atoms with E-state index in [1.54, 1.807) is 0 Å². The topological polar surface area (TPSA) is 26.3 Å². The van der Waals surface area contributed by atoms with Crippen molar-refractivity contribution in [3.05, 3.63) is 64.2 Å². The smallest absolute Gasteiger partial charge is 0.338 e. The lowest BCUT2D eigenvalue weighted by Crippen LogP contribution is -2.18. The third kappa shape index (κ3) is 5.87. The number of aryl methyl sites for hydroxylation is 1. The highest BCUT2D eigenvalue weighted by molar-refractivity contribution is 5.97. The first-order valence-electron chi connectivity index (χ1n) is 11.9. The number of ether oxygens (including phenoxy) is 1. The molecule has 3 rings (SSSR count). The Labute approximate surface area is 188 Å². The summed E-state index contributed by atoms with van der Waals surface area (Å²) in [6.45, 7) is 11.7. The van der Waals surface area contributed by atoms with E-state index in [0.29, 0.717) is 12.2 Å². The minimum Gasteiger partial charge on any atom is -0.462 e. The van der Waals surface area contributed by atoms with Crippen molar-refractivity contribution in [2.24, 2.45) is 5.41 Å². The van der Waals surface area contributed by atoms with Gasteiger partial charge >= 0.3 is 5.97 Å². The highest BCUT2D eigenvalue weighted by Gasteiger charge is 2.26. The Bertz CT molecular complexity index is 991. The molecule has 0 heterocycles. The SMILES string of the molecule is CCCCCCOC(=O)c1cc(C)c2cc(C=CC3=C(C)CCCC3(C)C)ccc2c1. The predicted molar refractivity (Wildman–Crippen MR) is 132 cm³/mol. The van der Waals surface area contributed by atoms with Gasteiger partial charge in [0.1, 0.15) is 0 Å². The Hall–Kier alpha value is -2.35. The average Bonchev–Trinajstić information content (AvgIpc) is 2.72. The lowest BCUT2D eigenvalue weighted by molar-refractivity contribution is 0.0498. The Kier molecular flexibility index (Phi) is 7.75. The molecular formula is C29H38O2. The fourth-order valence-electron chi connectivity index (χ4n) is 4.75. The molecule has 31 heavy (non-hydrogen) atoms. The largest absolute Gasteiger partial charge is 0.462 e. The van der Waals surface area contributed by atoms with Gasteiger partial charge in [-0.05, 0) is 90.6 Å². The first-order valence-corrected chi connectivity index (χ1v) is 11.9. The molecule has 0 N–H and O–H groups in total. The number of unbranched alkanes of at least 4 members (excludes halogenated alkanes) is 3. The van der Waals surface area contributed by atoms with Crippen molar-refractivity contribution < 1.29 is 9.53 Å². The summed E-state index contributed by atoms with van der Waals surface area (Å²) < 4.78 is 5.48. The van der Waals surface area contributed by atoms with Crippen LogP contribution in [0.25, 0.3) is 16.8 Å². The van der Waals surface area contributed by atoms with Crippen molar-refractivity contribution >= 4 is 22.8 Å². The summed E-state index contributed by atoms with van der Waals surface area (Å²) in [5.74, 6) is -0.215. The third-order valence-corrected chi connectivity index (χ3v) is 6.64. The number of carbonyl (C=O) groups is 1. The van der Waals surface area contributed by atoms with Gasteiger partial charge in [-0.25, -0.2) is 4.79 Å². The van der Waals surface area contributed by atoms with E-state index in [2.05, 4.69) is 65.0 Å². The number of hydrogen-bond donors (Lipinski definition) is 0. The van der Waals surface area contributed by atoms with Crippen molar-refractivity contribution in [3.63, 3.8) is 0 Å². The maximum atomic E-state index is 12.5. The van der Waals surface area contributed by atoms with Crippen LogP contribution in [-0.4, -0.2) is 12.6 Å². The van der Waals surface area contributed by atoms with Crippen molar-refractivity contribution in [2.45, 2.75) is 79.6 Å². The number of carbonyl (C=O) groups excluding carboxylic acids is 1. The van der Waals surface area contributed by atoms with E-state index < -0.39 is 0 Å². The molecule has 0 bridgehead atoms. The molecule has 0 saturated heterocycles. The molecule has 0 unspecified atom stereocenters. The summed E-state index contributed by atoms with van der Waals surface area (Å²) in [5, 5.41) is 2.28. The number of fused-ring (bicyclic) bond motifs is 1. The van der Waals surface area contributed by atoms with Crippen molar-refractivity contribution in [1.29, 1.82) is 0 Å². The summed E-state index contributed by atoms with van der Waals surface area (Å²) in [6.07, 6.45) is 12.7. The number of esters is 1. The zero-order valence-corrected chi connectivity index (χ0v) is 20.0. The first kappa shape index (κ1) is 23.3. The molecule has 0 aliphatic heterocycles. The Balaban J connectivity index is 1.77. The molecule has 2 aromatic rings. The zero-order valence-electron chi connectivity index (χ0n) is 20.0. The Morgan fingerprint density at radius 2 is 1.87 bits per heavy atom. The Morgan fingerprint density at radius 1 is 1.06 bits per heavy atom. The maximum absolute atomic E-state index is 12.5. The number of rotatable bonds is 8. The van der Waals surface area contributed by atoms with Gasteiger partial charge in [0, 0.05) is 0 Å². The van der Waals surface area contributed by atoms with Gasteiger partial charge in [-0.1, -0.05) is 69.9 Å². The normalized spacial score (nSPS) is 16.3. The second-order valence-electron chi connectivity index (χ2n) is 9.74. The van der Waals surface area contributed by atoms with Gasteiger partial charge in [-0.2, -0.15) is 0 Å². The molecule has 1 aliphatic carbocycles. The summed E-state index contributed by atoms with van der Waals surface area (Å²) >= 11 is 0. The van der Waals surface area contributed by atoms with Crippen LogP contribution in [0.4, 0.5) is 0 Å². The van der Waals surface area contributed by atoms with Gasteiger partial charge in [0.15, 0.2) is 0 Å². The third-order valence-electron chi connectivity index (χ3n) is 6.64. The standard InChI is InChI=1S/C29H38O2/c1-6-7-8-9-17-31-28(30)25-18-22(3)26-19-23(12-14-24(26)20-25)13-15-27-21(2)11-10-16-29(27,4)5/h12-15,18-20H,6-11,16-17H2,1-5H3. The first-order chi connectivity index (χ1) is 14.8. The maximum Gasteiger partial charge on any atom is 0.338 e. The van der Waals surface area contributed by atoms with Crippen LogP contribution in [0.1, 0.15) is 94.1 Å². The molecule has 0 fully saturated rings. The monoisotopic (exact) mass is 418 g/mol. The molecule has 2 nitrogen and oxygen atoms in total. The van der Waals surface area contributed by atoms with Gasteiger partial charge in [0.2, 0.25) is 0 Å². The molecule has 2 aromatic carbocycles. The minimum absolute atomic E-state index is 0.215. The van der Waals surface area contributed by atoms with Crippen LogP contribution in [0.15, 0.2) is 47.6 Å². The lowest BCUT2D eigenvalue weighted by Gasteiger charge is -2.32.